The predicted molar refractivity (Wildman–Crippen MR) is 63.1 cm³/mol. The first-order chi connectivity index (χ1) is 8.38. The summed E-state index contributed by atoms with van der Waals surface area (Å²) in [5, 5.41) is 4.79. The molecule has 1 aliphatic rings. The summed E-state index contributed by atoms with van der Waals surface area (Å²) in [6.07, 6.45) is 2.07. The summed E-state index contributed by atoms with van der Waals surface area (Å²) in [7, 11) is 0. The van der Waals surface area contributed by atoms with E-state index in [1.165, 1.54) is 12.0 Å². The van der Waals surface area contributed by atoms with E-state index in [0.29, 0.717) is 6.54 Å². The smallest absolute Gasteiger partial charge is 0.346 e. The van der Waals surface area contributed by atoms with Crippen LogP contribution in [0.1, 0.15) is 32.6 Å². The van der Waals surface area contributed by atoms with Crippen LogP contribution in [0.2, 0.25) is 0 Å². The van der Waals surface area contributed by atoms with Crippen molar-refractivity contribution in [2.24, 2.45) is 0 Å². The van der Waals surface area contributed by atoms with Gasteiger partial charge in [0.25, 0.3) is 0 Å². The summed E-state index contributed by atoms with van der Waals surface area (Å²) < 4.78 is 35.7. The highest BCUT2D eigenvalue weighted by atomic mass is 19.4. The van der Waals surface area contributed by atoms with Gasteiger partial charge in [0, 0.05) is 0 Å². The Morgan fingerprint density at radius 2 is 2.22 bits per heavy atom. The zero-order valence-corrected chi connectivity index (χ0v) is 10.4. The van der Waals surface area contributed by atoms with Crippen LogP contribution in [0.25, 0.3) is 0 Å². The van der Waals surface area contributed by atoms with Crippen molar-refractivity contribution in [2.45, 2.75) is 44.8 Å². The molecule has 1 unspecified atom stereocenters. The van der Waals surface area contributed by atoms with Crippen LogP contribution < -0.4 is 10.6 Å². The highest BCUT2D eigenvalue weighted by molar-refractivity contribution is 5.81. The van der Waals surface area contributed by atoms with E-state index >= 15 is 0 Å². The molecular formula is C12H19F3N2O. The number of hydrogen-bond acceptors (Lipinski definition) is 2. The first-order valence-electron chi connectivity index (χ1n) is 6.14. The monoisotopic (exact) mass is 264 g/mol. The highest BCUT2D eigenvalue weighted by Gasteiger charge is 2.28. The minimum absolute atomic E-state index is 0.602. The molecule has 0 heterocycles. The summed E-state index contributed by atoms with van der Waals surface area (Å²) >= 11 is 0. The van der Waals surface area contributed by atoms with E-state index in [1.807, 2.05) is 5.32 Å². The Bertz CT molecular complexity index is 313. The molecule has 1 atom stereocenters. The Labute approximate surface area is 105 Å². The van der Waals surface area contributed by atoms with Crippen molar-refractivity contribution < 1.29 is 18.0 Å². The van der Waals surface area contributed by atoms with E-state index in [4.69, 9.17) is 0 Å². The summed E-state index contributed by atoms with van der Waals surface area (Å²) in [5.74, 6) is -0.618. The third-order valence-corrected chi connectivity index (χ3v) is 2.89. The Morgan fingerprint density at radius 3 is 2.78 bits per heavy atom. The number of allylic oxidation sites excluding steroid dienone is 1. The molecule has 0 fully saturated rings. The molecule has 1 amide bonds. The van der Waals surface area contributed by atoms with Crippen LogP contribution in [0.5, 0.6) is 0 Å². The van der Waals surface area contributed by atoms with Crippen molar-refractivity contribution >= 4 is 5.91 Å². The van der Waals surface area contributed by atoms with Crippen molar-refractivity contribution in [3.63, 3.8) is 0 Å². The van der Waals surface area contributed by atoms with Gasteiger partial charge in [-0.05, 0) is 39.2 Å². The quantitative estimate of drug-likeness (QED) is 0.722. The molecule has 2 N–H and O–H groups in total. The van der Waals surface area contributed by atoms with E-state index in [0.717, 1.165) is 19.3 Å². The van der Waals surface area contributed by atoms with E-state index in [2.05, 4.69) is 11.4 Å². The minimum Gasteiger partial charge on any atom is -0.346 e. The van der Waals surface area contributed by atoms with Gasteiger partial charge in [0.05, 0.1) is 6.04 Å². The average Bonchev–Trinajstić information content (AvgIpc) is 2.77. The number of amides is 1. The fraction of sp³-hybridized carbons (Fsp3) is 0.750. The Hall–Kier alpha value is -1.04. The summed E-state index contributed by atoms with van der Waals surface area (Å²) in [4.78, 5) is 11.3. The van der Waals surface area contributed by atoms with Gasteiger partial charge < -0.3 is 10.6 Å². The number of hydrogen-bond donors (Lipinski definition) is 2. The summed E-state index contributed by atoms with van der Waals surface area (Å²) in [6.45, 7) is 0.907. The van der Waals surface area contributed by atoms with Crippen LogP contribution in [0.15, 0.2) is 11.6 Å². The fourth-order valence-electron chi connectivity index (χ4n) is 1.85. The van der Waals surface area contributed by atoms with Gasteiger partial charge in [-0.15, -0.1) is 0 Å². The average molecular weight is 264 g/mol. The van der Waals surface area contributed by atoms with Crippen molar-refractivity contribution in [2.75, 3.05) is 13.1 Å². The molecule has 1 rings (SSSR count). The molecule has 0 spiro atoms. The molecule has 18 heavy (non-hydrogen) atoms. The van der Waals surface area contributed by atoms with E-state index < -0.39 is 24.7 Å². The number of halogens is 3. The van der Waals surface area contributed by atoms with Gasteiger partial charge in [-0.3, -0.25) is 4.79 Å². The van der Waals surface area contributed by atoms with Crippen LogP contribution in [-0.2, 0) is 4.79 Å². The largest absolute Gasteiger partial charge is 0.405 e. The van der Waals surface area contributed by atoms with Crippen molar-refractivity contribution in [1.29, 1.82) is 0 Å². The minimum atomic E-state index is -4.36. The van der Waals surface area contributed by atoms with Gasteiger partial charge in [0.2, 0.25) is 5.91 Å². The first-order valence-corrected chi connectivity index (χ1v) is 6.14. The van der Waals surface area contributed by atoms with Gasteiger partial charge in [-0.2, -0.15) is 13.2 Å². The molecule has 0 aromatic carbocycles. The number of alkyl halides is 3. The Morgan fingerprint density at radius 1 is 1.50 bits per heavy atom. The lowest BCUT2D eigenvalue weighted by molar-refractivity contribution is -0.139. The van der Waals surface area contributed by atoms with Gasteiger partial charge in [0.15, 0.2) is 0 Å². The van der Waals surface area contributed by atoms with Gasteiger partial charge in [0.1, 0.15) is 6.54 Å². The van der Waals surface area contributed by atoms with Crippen molar-refractivity contribution in [1.82, 2.24) is 10.6 Å². The second kappa shape index (κ2) is 6.78. The second-order valence-corrected chi connectivity index (χ2v) is 4.51. The lowest BCUT2D eigenvalue weighted by atomic mass is 10.1. The fourth-order valence-corrected chi connectivity index (χ4v) is 1.85. The molecular weight excluding hydrogens is 245 g/mol. The lowest BCUT2D eigenvalue weighted by Crippen LogP contribution is -2.45. The molecule has 0 saturated heterocycles. The number of nitrogens with one attached hydrogen (secondary N) is 2. The molecule has 0 saturated carbocycles. The highest BCUT2D eigenvalue weighted by Crippen LogP contribution is 2.19. The maximum atomic E-state index is 11.9. The van der Waals surface area contributed by atoms with Gasteiger partial charge in [-0.1, -0.05) is 11.6 Å². The van der Waals surface area contributed by atoms with Gasteiger partial charge >= 0.3 is 6.18 Å². The predicted octanol–water partition coefficient (Wildman–Crippen LogP) is 2.14. The summed E-state index contributed by atoms with van der Waals surface area (Å²) in [5.41, 5.74) is 1.37. The standard InChI is InChI=1S/C12H19F3N2O/c1-9(11(18)17-8-12(13,14)15)16-7-6-10-4-2-3-5-10/h4,9,16H,2-3,5-8H2,1H3,(H,17,18). The SMILES string of the molecule is CC(NCCC1=CCCC1)C(=O)NCC(F)(F)F. The maximum absolute atomic E-state index is 11.9. The molecule has 0 aromatic rings. The van der Waals surface area contributed by atoms with Gasteiger partial charge in [-0.25, -0.2) is 0 Å². The molecule has 0 aromatic heterocycles. The Balaban J connectivity index is 2.15. The molecule has 6 heteroatoms. The maximum Gasteiger partial charge on any atom is 0.405 e. The van der Waals surface area contributed by atoms with E-state index in [1.54, 1.807) is 6.92 Å². The third kappa shape index (κ3) is 6.05. The third-order valence-electron chi connectivity index (χ3n) is 2.89. The lowest BCUT2D eigenvalue weighted by Gasteiger charge is -2.15. The molecule has 0 radical (unpaired) electrons. The van der Waals surface area contributed by atoms with Crippen LogP contribution in [-0.4, -0.2) is 31.2 Å². The topological polar surface area (TPSA) is 41.1 Å². The van der Waals surface area contributed by atoms with Crippen molar-refractivity contribution in [3.8, 4) is 0 Å². The normalized spacial score (nSPS) is 17.4. The van der Waals surface area contributed by atoms with Crippen LogP contribution in [0.4, 0.5) is 13.2 Å². The van der Waals surface area contributed by atoms with Crippen LogP contribution in [0.3, 0.4) is 0 Å². The van der Waals surface area contributed by atoms with Crippen molar-refractivity contribution in [3.05, 3.63) is 11.6 Å². The Kier molecular flexibility index (Phi) is 5.65. The number of carbonyl (C=O) groups is 1. The molecule has 0 bridgehead atoms. The zero-order chi connectivity index (χ0) is 13.6. The summed E-state index contributed by atoms with van der Waals surface area (Å²) in [6, 6.07) is -0.602. The molecule has 1 aliphatic carbocycles. The molecule has 0 aliphatic heterocycles. The number of rotatable bonds is 6. The van der Waals surface area contributed by atoms with E-state index in [-0.39, 0.29) is 0 Å². The second-order valence-electron chi connectivity index (χ2n) is 4.51. The van der Waals surface area contributed by atoms with E-state index in [9.17, 15) is 18.0 Å². The van der Waals surface area contributed by atoms with Crippen LogP contribution >= 0.6 is 0 Å². The molecule has 104 valence electrons. The zero-order valence-electron chi connectivity index (χ0n) is 10.4. The number of carbonyl (C=O) groups excluding carboxylic acids is 1. The first kappa shape index (κ1) is 15.0. The molecule has 3 nitrogen and oxygen atoms in total. The van der Waals surface area contributed by atoms with Crippen LogP contribution in [0, 0.1) is 0 Å².